The van der Waals surface area contributed by atoms with Crippen molar-refractivity contribution in [3.63, 3.8) is 0 Å². The molecule has 0 aromatic heterocycles. The van der Waals surface area contributed by atoms with Crippen molar-refractivity contribution in [2.75, 3.05) is 17.3 Å². The number of carbonyl (C=O) groups is 2. The van der Waals surface area contributed by atoms with Gasteiger partial charge in [-0.25, -0.2) is 9.80 Å². The van der Waals surface area contributed by atoms with Gasteiger partial charge in [0.1, 0.15) is 5.75 Å². The Kier molecular flexibility index (Phi) is 9.93. The van der Waals surface area contributed by atoms with Crippen molar-refractivity contribution in [1.29, 1.82) is 0 Å². The minimum Gasteiger partial charge on any atom is -0.497 e. The number of fused-ring (bicyclic) bond motifs is 1. The molecular formula is C40H51N5O3. The van der Waals surface area contributed by atoms with Crippen LogP contribution in [0.3, 0.4) is 0 Å². The van der Waals surface area contributed by atoms with Crippen molar-refractivity contribution in [1.82, 2.24) is 5.01 Å². The Bertz CT molecular complexity index is 1630. The molecule has 0 spiro atoms. The van der Waals surface area contributed by atoms with Crippen LogP contribution in [0.4, 0.5) is 21.9 Å². The molecule has 6 rings (SSSR count). The third-order valence-corrected chi connectivity index (χ3v) is 10.5. The maximum atomic E-state index is 15.0. The summed E-state index contributed by atoms with van der Waals surface area (Å²) in [4.78, 5) is 29.6. The fourth-order valence-corrected chi connectivity index (χ4v) is 7.89. The first-order valence-corrected chi connectivity index (χ1v) is 17.7. The highest BCUT2D eigenvalue weighted by atomic mass is 16.5. The molecule has 2 fully saturated rings. The van der Waals surface area contributed by atoms with Crippen molar-refractivity contribution in [3.8, 4) is 5.75 Å². The average Bonchev–Trinajstić information content (AvgIpc) is 3.22. The van der Waals surface area contributed by atoms with Crippen LogP contribution in [0, 0.1) is 17.3 Å². The predicted octanol–water partition coefficient (Wildman–Crippen LogP) is 8.84. The van der Waals surface area contributed by atoms with Crippen LogP contribution in [0.2, 0.25) is 0 Å². The van der Waals surface area contributed by atoms with Crippen molar-refractivity contribution in [2.24, 2.45) is 28.1 Å². The van der Waals surface area contributed by atoms with Gasteiger partial charge in [-0.2, -0.15) is 5.10 Å². The van der Waals surface area contributed by atoms with Crippen LogP contribution < -0.4 is 20.7 Å². The van der Waals surface area contributed by atoms with E-state index in [0.717, 1.165) is 60.5 Å². The van der Waals surface area contributed by atoms with Gasteiger partial charge < -0.3 is 15.8 Å². The normalized spacial score (nSPS) is 22.1. The second-order valence-electron chi connectivity index (χ2n) is 15.0. The van der Waals surface area contributed by atoms with Gasteiger partial charge in [-0.15, -0.1) is 0 Å². The lowest BCUT2D eigenvalue weighted by molar-refractivity contribution is -0.118. The molecule has 3 aromatic carbocycles. The van der Waals surface area contributed by atoms with E-state index < -0.39 is 6.04 Å². The lowest BCUT2D eigenvalue weighted by Gasteiger charge is -2.44. The number of nitrogens with two attached hydrogens (primary N) is 1. The van der Waals surface area contributed by atoms with Crippen LogP contribution in [-0.4, -0.2) is 41.9 Å². The summed E-state index contributed by atoms with van der Waals surface area (Å²) < 4.78 is 5.44. The number of rotatable bonds is 8. The Morgan fingerprint density at radius 3 is 2.29 bits per heavy atom. The van der Waals surface area contributed by atoms with E-state index in [2.05, 4.69) is 43.4 Å². The second kappa shape index (κ2) is 14.1. The minimum atomic E-state index is -0.603. The molecule has 3 aromatic rings. The number of nitrogens with zero attached hydrogens (tertiary/aromatic N) is 3. The maximum absolute atomic E-state index is 15.0. The largest absolute Gasteiger partial charge is 0.497 e. The Labute approximate surface area is 285 Å². The Hall–Kier alpha value is -4.17. The summed E-state index contributed by atoms with van der Waals surface area (Å²) in [6.07, 6.45) is 8.46. The van der Waals surface area contributed by atoms with E-state index in [1.54, 1.807) is 7.11 Å². The zero-order chi connectivity index (χ0) is 34.0. The predicted molar refractivity (Wildman–Crippen MR) is 194 cm³/mol. The summed E-state index contributed by atoms with van der Waals surface area (Å²) in [5.41, 5.74) is 11.6. The third-order valence-electron chi connectivity index (χ3n) is 10.5. The van der Waals surface area contributed by atoms with Crippen LogP contribution in [0.5, 0.6) is 5.75 Å². The molecule has 254 valence electrons. The standard InChI is InChI=1S/C40H51N5O3/c1-26(2)36(41)38(46)42-30-17-19-31(20-18-30)44-35-14-10-9-13-34(35)37(28-11-7-6-8-12-28)43-45(39(44)47)32-23-29(24-40(3,4)25-32)27-15-21-33(48-5)22-16-27/h9-10,13-22,26,28-29,32,36H,6-8,11-12,23-25,41H2,1-5H3,(H,42,46). The Morgan fingerprint density at radius 2 is 1.62 bits per heavy atom. The Morgan fingerprint density at radius 1 is 0.938 bits per heavy atom. The molecule has 3 unspecified atom stereocenters. The van der Waals surface area contributed by atoms with Gasteiger partial charge in [-0.05, 0) is 97.4 Å². The number of hydrazone groups is 1. The smallest absolute Gasteiger partial charge is 0.349 e. The van der Waals surface area contributed by atoms with E-state index >= 15 is 4.79 Å². The van der Waals surface area contributed by atoms with E-state index in [1.165, 1.54) is 24.8 Å². The van der Waals surface area contributed by atoms with E-state index in [4.69, 9.17) is 15.6 Å². The minimum absolute atomic E-state index is 0.00892. The number of hydrogen-bond acceptors (Lipinski definition) is 5. The van der Waals surface area contributed by atoms with Gasteiger partial charge >= 0.3 is 6.03 Å². The highest BCUT2D eigenvalue weighted by Gasteiger charge is 2.43. The summed E-state index contributed by atoms with van der Waals surface area (Å²) >= 11 is 0. The number of nitrogens with one attached hydrogen (secondary N) is 1. The van der Waals surface area contributed by atoms with Crippen LogP contribution in [0.1, 0.15) is 96.1 Å². The van der Waals surface area contributed by atoms with Crippen molar-refractivity contribution < 1.29 is 14.3 Å². The summed E-state index contributed by atoms with van der Waals surface area (Å²) in [5, 5.41) is 10.2. The molecule has 1 heterocycles. The number of amides is 3. The Balaban J connectivity index is 1.40. The number of carbonyl (C=O) groups excluding carboxylic acids is 2. The molecule has 48 heavy (non-hydrogen) atoms. The molecular weight excluding hydrogens is 598 g/mol. The number of para-hydroxylation sites is 1. The van der Waals surface area contributed by atoms with Crippen LogP contribution in [-0.2, 0) is 4.79 Å². The quantitative estimate of drug-likeness (QED) is 0.255. The molecule has 8 nitrogen and oxygen atoms in total. The molecule has 2 saturated carbocycles. The highest BCUT2D eigenvalue weighted by Crippen LogP contribution is 2.47. The first-order valence-electron chi connectivity index (χ1n) is 17.7. The lowest BCUT2D eigenvalue weighted by atomic mass is 9.68. The molecule has 0 bridgehead atoms. The topological polar surface area (TPSA) is 100 Å². The number of methoxy groups -OCH3 is 1. The van der Waals surface area contributed by atoms with E-state index in [0.29, 0.717) is 11.6 Å². The average molecular weight is 650 g/mol. The van der Waals surface area contributed by atoms with Crippen molar-refractivity contribution in [2.45, 2.75) is 97.1 Å². The number of urea groups is 1. The van der Waals surface area contributed by atoms with Gasteiger partial charge in [0.2, 0.25) is 5.91 Å². The first kappa shape index (κ1) is 33.7. The summed E-state index contributed by atoms with van der Waals surface area (Å²) in [7, 11) is 1.69. The highest BCUT2D eigenvalue weighted by molar-refractivity contribution is 6.14. The molecule has 8 heteroatoms. The van der Waals surface area contributed by atoms with Gasteiger partial charge in [-0.3, -0.25) is 9.69 Å². The number of hydrogen-bond donors (Lipinski definition) is 2. The van der Waals surface area contributed by atoms with E-state index in [-0.39, 0.29) is 35.2 Å². The van der Waals surface area contributed by atoms with Gasteiger partial charge in [-0.1, -0.05) is 77.3 Å². The van der Waals surface area contributed by atoms with Gasteiger partial charge in [0.25, 0.3) is 0 Å². The van der Waals surface area contributed by atoms with Gasteiger partial charge in [0.15, 0.2) is 0 Å². The van der Waals surface area contributed by atoms with Crippen molar-refractivity contribution >= 4 is 34.7 Å². The number of ether oxygens (including phenoxy) is 1. The van der Waals surface area contributed by atoms with E-state index in [1.807, 2.05) is 72.3 Å². The summed E-state index contributed by atoms with van der Waals surface area (Å²) in [6, 6.07) is 23.3. The third kappa shape index (κ3) is 7.14. The molecule has 0 saturated heterocycles. The summed E-state index contributed by atoms with van der Waals surface area (Å²) in [5.74, 6) is 1.22. The fourth-order valence-electron chi connectivity index (χ4n) is 7.89. The first-order chi connectivity index (χ1) is 23.0. The molecule has 3 amide bonds. The van der Waals surface area contributed by atoms with Crippen LogP contribution in [0.15, 0.2) is 77.9 Å². The molecule has 3 aliphatic rings. The molecule has 1 aliphatic heterocycles. The molecule has 3 N–H and O–H groups in total. The molecule has 2 aliphatic carbocycles. The fraction of sp³-hybridized carbons (Fsp3) is 0.475. The SMILES string of the molecule is COc1ccc(C2CC(N3N=C(C4CCCCC4)c4ccccc4N(c4ccc(NC(=O)C(N)C(C)C)cc4)C3=O)CC(C)(C)C2)cc1. The zero-order valence-corrected chi connectivity index (χ0v) is 29.1. The zero-order valence-electron chi connectivity index (χ0n) is 29.1. The van der Waals surface area contributed by atoms with Gasteiger partial charge in [0, 0.05) is 17.2 Å². The number of anilines is 3. The summed E-state index contributed by atoms with van der Waals surface area (Å²) in [6.45, 7) is 8.48. The molecule has 0 radical (unpaired) electrons. The van der Waals surface area contributed by atoms with Gasteiger partial charge in [0.05, 0.1) is 36.3 Å². The second-order valence-corrected chi connectivity index (χ2v) is 15.0. The van der Waals surface area contributed by atoms with Crippen LogP contribution >= 0.6 is 0 Å². The van der Waals surface area contributed by atoms with Crippen LogP contribution in [0.25, 0.3) is 0 Å². The van der Waals surface area contributed by atoms with E-state index in [9.17, 15) is 4.79 Å². The maximum Gasteiger partial charge on any atom is 0.349 e. The lowest BCUT2D eigenvalue weighted by Crippen LogP contribution is -2.47. The monoisotopic (exact) mass is 649 g/mol. The van der Waals surface area contributed by atoms with Crippen molar-refractivity contribution in [3.05, 3.63) is 83.9 Å². The number of benzene rings is 3. The molecule has 3 atom stereocenters.